The summed E-state index contributed by atoms with van der Waals surface area (Å²) in [6, 6.07) is 13.7. The fourth-order valence-corrected chi connectivity index (χ4v) is 2.55. The Morgan fingerprint density at radius 1 is 0.920 bits per heavy atom. The van der Waals surface area contributed by atoms with Gasteiger partial charge in [-0.2, -0.15) is 0 Å². The molecule has 134 valence electrons. The molecule has 2 rings (SSSR count). The average molecular weight is 339 g/mol. The first-order valence-corrected chi connectivity index (χ1v) is 8.64. The van der Waals surface area contributed by atoms with Crippen molar-refractivity contribution < 1.29 is 9.53 Å². The summed E-state index contributed by atoms with van der Waals surface area (Å²) < 4.78 is 5.91. The van der Waals surface area contributed by atoms with Crippen LogP contribution in [0.25, 0.3) is 0 Å². The van der Waals surface area contributed by atoms with Gasteiger partial charge in [0.25, 0.3) is 0 Å². The molecule has 0 saturated heterocycles. The molecule has 2 aromatic carbocycles. The highest BCUT2D eigenvalue weighted by Gasteiger charge is 2.20. The highest BCUT2D eigenvalue weighted by atomic mass is 16.5. The van der Waals surface area contributed by atoms with Crippen molar-refractivity contribution in [3.8, 4) is 5.75 Å². The van der Waals surface area contributed by atoms with Crippen LogP contribution in [-0.4, -0.2) is 5.91 Å². The Morgan fingerprint density at radius 3 is 1.96 bits per heavy atom. The lowest BCUT2D eigenvalue weighted by Crippen LogP contribution is -2.17. The molecule has 0 aromatic heterocycles. The number of amides is 1. The van der Waals surface area contributed by atoms with Crippen LogP contribution >= 0.6 is 0 Å². The van der Waals surface area contributed by atoms with E-state index >= 15 is 0 Å². The second kappa shape index (κ2) is 6.91. The largest absolute Gasteiger partial charge is 0.489 e. The van der Waals surface area contributed by atoms with Crippen LogP contribution in [0.15, 0.2) is 42.5 Å². The van der Waals surface area contributed by atoms with E-state index in [4.69, 9.17) is 10.5 Å². The maximum absolute atomic E-state index is 11.3. The first-order chi connectivity index (χ1) is 11.5. The van der Waals surface area contributed by atoms with Crippen LogP contribution in [-0.2, 0) is 17.4 Å². The van der Waals surface area contributed by atoms with Crippen LogP contribution in [0.4, 0.5) is 0 Å². The number of rotatable bonds is 4. The molecule has 0 heterocycles. The third-order valence-corrected chi connectivity index (χ3v) is 4.25. The highest BCUT2D eigenvalue weighted by Crippen LogP contribution is 2.30. The van der Waals surface area contributed by atoms with Crippen LogP contribution in [0, 0.1) is 0 Å². The van der Waals surface area contributed by atoms with Crippen molar-refractivity contribution in [1.29, 1.82) is 0 Å². The minimum absolute atomic E-state index is 0.0713. The average Bonchev–Trinajstić information content (AvgIpc) is 2.51. The van der Waals surface area contributed by atoms with Crippen LogP contribution < -0.4 is 10.5 Å². The Morgan fingerprint density at radius 2 is 1.48 bits per heavy atom. The second-order valence-electron chi connectivity index (χ2n) is 8.60. The summed E-state index contributed by atoms with van der Waals surface area (Å²) in [6.45, 7) is 13.8. The van der Waals surface area contributed by atoms with Crippen LogP contribution in [0.5, 0.6) is 5.75 Å². The fourth-order valence-electron chi connectivity index (χ4n) is 2.55. The molecule has 1 amide bonds. The summed E-state index contributed by atoms with van der Waals surface area (Å²) in [5, 5.41) is 0. The number of carbonyl (C=O) groups excluding carboxylic acids is 1. The first-order valence-electron chi connectivity index (χ1n) is 8.64. The molecule has 25 heavy (non-hydrogen) atoms. The summed E-state index contributed by atoms with van der Waals surface area (Å²) in [7, 11) is 0. The number of benzene rings is 2. The van der Waals surface area contributed by atoms with Crippen molar-refractivity contribution in [2.24, 2.45) is 5.73 Å². The van der Waals surface area contributed by atoms with E-state index in [0.29, 0.717) is 17.9 Å². The molecule has 3 nitrogen and oxygen atoms in total. The van der Waals surface area contributed by atoms with Gasteiger partial charge in [-0.1, -0.05) is 65.8 Å². The van der Waals surface area contributed by atoms with Crippen LogP contribution in [0.3, 0.4) is 0 Å². The standard InChI is InChI=1S/C22H29NO2/c1-21(2,3)17-10-15(11-18(13-17)22(4,5)6)14-25-19-9-7-8-16(12-19)20(23)24/h7-13H,14H2,1-6H3,(H2,23,24). The molecule has 3 heteroatoms. The summed E-state index contributed by atoms with van der Waals surface area (Å²) in [5.74, 6) is 0.199. The quantitative estimate of drug-likeness (QED) is 0.856. The van der Waals surface area contributed by atoms with Gasteiger partial charge >= 0.3 is 0 Å². The van der Waals surface area contributed by atoms with E-state index in [9.17, 15) is 4.79 Å². The van der Waals surface area contributed by atoms with Gasteiger partial charge < -0.3 is 10.5 Å². The summed E-state index contributed by atoms with van der Waals surface area (Å²) in [4.78, 5) is 11.3. The molecule has 0 spiro atoms. The Labute approximate surface area is 151 Å². The van der Waals surface area contributed by atoms with Crippen molar-refractivity contribution in [1.82, 2.24) is 0 Å². The molecular weight excluding hydrogens is 310 g/mol. The predicted octanol–water partition coefficient (Wildman–Crippen LogP) is 4.96. The second-order valence-corrected chi connectivity index (χ2v) is 8.60. The maximum atomic E-state index is 11.3. The summed E-state index contributed by atoms with van der Waals surface area (Å²) >= 11 is 0. The maximum Gasteiger partial charge on any atom is 0.248 e. The van der Waals surface area contributed by atoms with Crippen molar-refractivity contribution in [2.45, 2.75) is 59.0 Å². The SMILES string of the molecule is CC(C)(C)c1cc(COc2cccc(C(N)=O)c2)cc(C(C)(C)C)c1. The Balaban J connectivity index is 2.30. The van der Waals surface area contributed by atoms with Gasteiger partial charge in [-0.3, -0.25) is 4.79 Å². The Kier molecular flexibility index (Phi) is 5.26. The smallest absolute Gasteiger partial charge is 0.248 e. The zero-order chi connectivity index (χ0) is 18.8. The highest BCUT2D eigenvalue weighted by molar-refractivity contribution is 5.93. The topological polar surface area (TPSA) is 52.3 Å². The van der Waals surface area contributed by atoms with E-state index in [0.717, 1.165) is 5.56 Å². The van der Waals surface area contributed by atoms with E-state index in [1.807, 2.05) is 6.07 Å². The molecule has 0 saturated carbocycles. The lowest BCUT2D eigenvalue weighted by Gasteiger charge is -2.26. The van der Waals surface area contributed by atoms with Gasteiger partial charge in [0, 0.05) is 5.56 Å². The molecule has 0 radical (unpaired) electrons. The fraction of sp³-hybridized carbons (Fsp3) is 0.409. The van der Waals surface area contributed by atoms with Crippen LogP contribution in [0.1, 0.15) is 68.6 Å². The monoisotopic (exact) mass is 339 g/mol. The zero-order valence-electron chi connectivity index (χ0n) is 16.1. The van der Waals surface area contributed by atoms with Crippen LogP contribution in [0.2, 0.25) is 0 Å². The molecular formula is C22H29NO2. The molecule has 0 atom stereocenters. The zero-order valence-corrected chi connectivity index (χ0v) is 16.1. The van der Waals surface area contributed by atoms with Crippen molar-refractivity contribution >= 4 is 5.91 Å². The summed E-state index contributed by atoms with van der Waals surface area (Å²) in [5.41, 5.74) is 9.65. The molecule has 2 N–H and O–H groups in total. The van der Waals surface area contributed by atoms with E-state index in [1.54, 1.807) is 18.2 Å². The molecule has 0 aliphatic rings. The van der Waals surface area contributed by atoms with Crippen molar-refractivity contribution in [3.05, 3.63) is 64.7 Å². The minimum atomic E-state index is -0.449. The summed E-state index contributed by atoms with van der Waals surface area (Å²) in [6.07, 6.45) is 0. The van der Waals surface area contributed by atoms with E-state index in [-0.39, 0.29) is 10.8 Å². The number of primary amides is 1. The van der Waals surface area contributed by atoms with E-state index in [2.05, 4.69) is 59.7 Å². The van der Waals surface area contributed by atoms with Gasteiger partial charge in [-0.15, -0.1) is 0 Å². The minimum Gasteiger partial charge on any atom is -0.489 e. The van der Waals surface area contributed by atoms with Gasteiger partial charge in [0.1, 0.15) is 12.4 Å². The number of hydrogen-bond donors (Lipinski definition) is 1. The molecule has 0 bridgehead atoms. The van der Waals surface area contributed by atoms with Crippen molar-refractivity contribution in [2.75, 3.05) is 0 Å². The van der Waals surface area contributed by atoms with Gasteiger partial charge in [0.2, 0.25) is 5.91 Å². The van der Waals surface area contributed by atoms with Gasteiger partial charge in [0.05, 0.1) is 0 Å². The van der Waals surface area contributed by atoms with Crippen molar-refractivity contribution in [3.63, 3.8) is 0 Å². The lowest BCUT2D eigenvalue weighted by atomic mass is 9.79. The Bertz CT molecular complexity index is 732. The molecule has 0 unspecified atom stereocenters. The third-order valence-electron chi connectivity index (χ3n) is 4.25. The number of nitrogens with two attached hydrogens (primary N) is 1. The normalized spacial score (nSPS) is 12.1. The number of ether oxygens (including phenoxy) is 1. The third kappa shape index (κ3) is 5.09. The van der Waals surface area contributed by atoms with E-state index in [1.165, 1.54) is 11.1 Å². The molecule has 0 aliphatic heterocycles. The lowest BCUT2D eigenvalue weighted by molar-refractivity contribution is 0.1000. The van der Waals surface area contributed by atoms with Gasteiger partial charge in [-0.25, -0.2) is 0 Å². The number of carbonyl (C=O) groups is 1. The number of hydrogen-bond acceptors (Lipinski definition) is 2. The molecule has 0 aliphatic carbocycles. The van der Waals surface area contributed by atoms with Gasteiger partial charge in [-0.05, 0) is 45.7 Å². The first kappa shape index (κ1) is 19.0. The van der Waals surface area contributed by atoms with E-state index < -0.39 is 5.91 Å². The van der Waals surface area contributed by atoms with Gasteiger partial charge in [0.15, 0.2) is 0 Å². The molecule has 0 fully saturated rings. The predicted molar refractivity (Wildman–Crippen MR) is 103 cm³/mol. The Hall–Kier alpha value is -2.29. The molecule has 2 aromatic rings.